The van der Waals surface area contributed by atoms with Crippen LogP contribution in [0.5, 0.6) is 0 Å². The van der Waals surface area contributed by atoms with Gasteiger partial charge in [0.1, 0.15) is 0 Å². The first-order chi connectivity index (χ1) is 10.3. The summed E-state index contributed by atoms with van der Waals surface area (Å²) in [5, 5.41) is 9.88. The molecule has 1 unspecified atom stereocenters. The summed E-state index contributed by atoms with van der Waals surface area (Å²) in [6, 6.07) is 0. The maximum absolute atomic E-state index is 9.88. The lowest BCUT2D eigenvalue weighted by Crippen LogP contribution is -2.05. The van der Waals surface area contributed by atoms with Crippen molar-refractivity contribution in [3.8, 4) is 0 Å². The standard InChI is InChI=1S/C20H39O/c1-3-5-7-9-10-11-12-13-14-15-17-19-20(21)18-16-8-6-4-2/h1,3,20-21H,4-19H2,2H3. The molecule has 0 rings (SSSR count). The van der Waals surface area contributed by atoms with Gasteiger partial charge in [0.05, 0.1) is 6.10 Å². The van der Waals surface area contributed by atoms with Crippen LogP contribution < -0.4 is 0 Å². The highest BCUT2D eigenvalue weighted by Crippen LogP contribution is 2.14. The smallest absolute Gasteiger partial charge is 0.0540 e. The number of unbranched alkanes of at least 4 members (excludes halogenated alkanes) is 12. The largest absolute Gasteiger partial charge is 0.393 e. The molecule has 125 valence electrons. The number of rotatable bonds is 17. The molecule has 0 heterocycles. The third-order valence-electron chi connectivity index (χ3n) is 4.30. The molecule has 1 atom stereocenters. The molecule has 0 aliphatic rings. The van der Waals surface area contributed by atoms with Gasteiger partial charge in [0.25, 0.3) is 0 Å². The van der Waals surface area contributed by atoms with Crippen molar-refractivity contribution >= 4 is 0 Å². The highest BCUT2D eigenvalue weighted by molar-refractivity contribution is 4.61. The molecule has 0 aliphatic carbocycles. The Bertz CT molecular complexity index is 200. The van der Waals surface area contributed by atoms with E-state index in [9.17, 15) is 5.11 Å². The quantitative estimate of drug-likeness (QED) is 0.300. The molecule has 0 bridgehead atoms. The third kappa shape index (κ3) is 17.6. The van der Waals surface area contributed by atoms with Gasteiger partial charge in [0.15, 0.2) is 0 Å². The van der Waals surface area contributed by atoms with Crippen molar-refractivity contribution in [3.63, 3.8) is 0 Å². The van der Waals surface area contributed by atoms with Gasteiger partial charge in [-0.3, -0.25) is 0 Å². The number of hydrogen-bond acceptors (Lipinski definition) is 1. The van der Waals surface area contributed by atoms with E-state index in [-0.39, 0.29) is 6.10 Å². The SMILES string of the molecule is [CH]=CCCCCCCCCCCCC(O)CCCCCC. The Morgan fingerprint density at radius 3 is 1.62 bits per heavy atom. The van der Waals surface area contributed by atoms with Crippen molar-refractivity contribution in [2.45, 2.75) is 116 Å². The van der Waals surface area contributed by atoms with Gasteiger partial charge >= 0.3 is 0 Å². The van der Waals surface area contributed by atoms with Crippen LogP contribution in [0.2, 0.25) is 0 Å². The minimum Gasteiger partial charge on any atom is -0.393 e. The highest BCUT2D eigenvalue weighted by atomic mass is 16.3. The van der Waals surface area contributed by atoms with Crippen molar-refractivity contribution in [2.75, 3.05) is 0 Å². The van der Waals surface area contributed by atoms with Gasteiger partial charge in [-0.05, 0) is 25.7 Å². The van der Waals surface area contributed by atoms with E-state index in [1.807, 2.05) is 0 Å². The topological polar surface area (TPSA) is 20.2 Å². The lowest BCUT2D eigenvalue weighted by atomic mass is 10.0. The predicted octanol–water partition coefficient (Wildman–Crippen LogP) is 6.60. The lowest BCUT2D eigenvalue weighted by Gasteiger charge is -2.10. The Hall–Kier alpha value is -0.300. The van der Waals surface area contributed by atoms with E-state index in [0.717, 1.165) is 19.3 Å². The van der Waals surface area contributed by atoms with E-state index in [1.165, 1.54) is 83.5 Å². The van der Waals surface area contributed by atoms with E-state index in [1.54, 1.807) is 6.08 Å². The average molecular weight is 296 g/mol. The van der Waals surface area contributed by atoms with Crippen LogP contribution in [0.4, 0.5) is 0 Å². The van der Waals surface area contributed by atoms with Gasteiger partial charge < -0.3 is 5.11 Å². The van der Waals surface area contributed by atoms with Gasteiger partial charge in [0.2, 0.25) is 0 Å². The van der Waals surface area contributed by atoms with Gasteiger partial charge in [-0.1, -0.05) is 96.6 Å². The summed E-state index contributed by atoms with van der Waals surface area (Å²) >= 11 is 0. The number of hydrogen-bond donors (Lipinski definition) is 1. The molecule has 1 radical (unpaired) electrons. The maximum Gasteiger partial charge on any atom is 0.0540 e. The number of aliphatic hydroxyl groups excluding tert-OH is 1. The van der Waals surface area contributed by atoms with Gasteiger partial charge in [-0.2, -0.15) is 0 Å². The lowest BCUT2D eigenvalue weighted by molar-refractivity contribution is 0.147. The molecule has 0 aromatic heterocycles. The molecular formula is C20H39O. The average Bonchev–Trinajstić information content (AvgIpc) is 2.49. The van der Waals surface area contributed by atoms with Crippen LogP contribution in [0.25, 0.3) is 0 Å². The number of allylic oxidation sites excluding steroid dienone is 1. The summed E-state index contributed by atoms with van der Waals surface area (Å²) < 4.78 is 0. The minimum atomic E-state index is -0.0405. The van der Waals surface area contributed by atoms with E-state index in [0.29, 0.717) is 0 Å². The summed E-state index contributed by atoms with van der Waals surface area (Å²) in [4.78, 5) is 0. The van der Waals surface area contributed by atoms with Crippen molar-refractivity contribution < 1.29 is 5.11 Å². The second-order valence-electron chi connectivity index (χ2n) is 6.50. The summed E-state index contributed by atoms with van der Waals surface area (Å²) in [6.07, 6.45) is 21.9. The Morgan fingerprint density at radius 2 is 1.14 bits per heavy atom. The first-order valence-electron chi connectivity index (χ1n) is 9.52. The second kappa shape index (κ2) is 17.8. The van der Waals surface area contributed by atoms with E-state index >= 15 is 0 Å². The maximum atomic E-state index is 9.88. The zero-order valence-corrected chi connectivity index (χ0v) is 14.5. The van der Waals surface area contributed by atoms with Crippen molar-refractivity contribution in [1.82, 2.24) is 0 Å². The fourth-order valence-electron chi connectivity index (χ4n) is 2.83. The van der Waals surface area contributed by atoms with Crippen molar-refractivity contribution in [3.05, 3.63) is 12.7 Å². The van der Waals surface area contributed by atoms with E-state index in [4.69, 9.17) is 6.58 Å². The van der Waals surface area contributed by atoms with Crippen LogP contribution in [0, 0.1) is 6.58 Å². The van der Waals surface area contributed by atoms with Crippen LogP contribution in [-0.2, 0) is 0 Å². The first kappa shape index (κ1) is 20.7. The molecule has 0 aromatic rings. The molecule has 0 aromatic carbocycles. The molecule has 21 heavy (non-hydrogen) atoms. The molecule has 0 saturated carbocycles. The summed E-state index contributed by atoms with van der Waals surface area (Å²) in [5.74, 6) is 0. The Morgan fingerprint density at radius 1 is 0.714 bits per heavy atom. The fourth-order valence-corrected chi connectivity index (χ4v) is 2.83. The molecule has 1 heteroatoms. The molecule has 0 amide bonds. The van der Waals surface area contributed by atoms with Crippen LogP contribution in [-0.4, -0.2) is 11.2 Å². The van der Waals surface area contributed by atoms with Crippen molar-refractivity contribution in [1.29, 1.82) is 0 Å². The Kier molecular flexibility index (Phi) is 17.5. The van der Waals surface area contributed by atoms with E-state index in [2.05, 4.69) is 6.92 Å². The van der Waals surface area contributed by atoms with Crippen LogP contribution >= 0.6 is 0 Å². The third-order valence-corrected chi connectivity index (χ3v) is 4.30. The van der Waals surface area contributed by atoms with Gasteiger partial charge in [0, 0.05) is 0 Å². The zero-order chi connectivity index (χ0) is 15.6. The van der Waals surface area contributed by atoms with Crippen LogP contribution in [0.15, 0.2) is 6.08 Å². The fraction of sp³-hybridized carbons (Fsp3) is 0.900. The van der Waals surface area contributed by atoms with Crippen molar-refractivity contribution in [2.24, 2.45) is 0 Å². The molecule has 0 aliphatic heterocycles. The van der Waals surface area contributed by atoms with Gasteiger partial charge in [-0.25, -0.2) is 0 Å². The first-order valence-corrected chi connectivity index (χ1v) is 9.52. The second-order valence-corrected chi connectivity index (χ2v) is 6.50. The van der Waals surface area contributed by atoms with Gasteiger partial charge in [-0.15, -0.1) is 0 Å². The highest BCUT2D eigenvalue weighted by Gasteiger charge is 2.03. The molecule has 0 spiro atoms. The minimum absolute atomic E-state index is 0.0405. The molecule has 1 nitrogen and oxygen atoms in total. The Balaban J connectivity index is 3.08. The van der Waals surface area contributed by atoms with E-state index < -0.39 is 0 Å². The molecule has 1 N–H and O–H groups in total. The molecular weight excluding hydrogens is 256 g/mol. The molecule has 0 fully saturated rings. The number of aliphatic hydroxyl groups is 1. The van der Waals surface area contributed by atoms with Crippen LogP contribution in [0.3, 0.4) is 0 Å². The zero-order valence-electron chi connectivity index (χ0n) is 14.5. The molecule has 0 saturated heterocycles. The summed E-state index contributed by atoms with van der Waals surface area (Å²) in [6.45, 7) is 7.59. The van der Waals surface area contributed by atoms with Crippen LogP contribution in [0.1, 0.15) is 110 Å². The predicted molar refractivity (Wildman–Crippen MR) is 94.4 cm³/mol. The monoisotopic (exact) mass is 295 g/mol. The normalized spacial score (nSPS) is 12.5. The summed E-state index contributed by atoms with van der Waals surface area (Å²) in [5.41, 5.74) is 0. The summed E-state index contributed by atoms with van der Waals surface area (Å²) in [7, 11) is 0. The Labute approximate surface area is 134 Å².